The fourth-order valence-corrected chi connectivity index (χ4v) is 3.69. The predicted octanol–water partition coefficient (Wildman–Crippen LogP) is 5.56. The Morgan fingerprint density at radius 2 is 1.70 bits per heavy atom. The molecule has 1 heterocycles. The maximum absolute atomic E-state index is 12.8. The molecule has 0 atom stereocenters. The molecule has 0 spiro atoms. The standard InChI is InChI=1S/C24H29N3O2S/c1-17(2)27(15-18-9-7-6-8-10-18)21(28)16-30-23-26-25-22(29-23)19-11-13-20(14-12-19)24(3,4)5/h6-14,17H,15-16H2,1-5H3. The van der Waals surface area contributed by atoms with Crippen LogP contribution >= 0.6 is 11.8 Å². The molecule has 0 fully saturated rings. The molecular formula is C24H29N3O2S. The second-order valence-corrected chi connectivity index (χ2v) is 9.52. The fourth-order valence-electron chi connectivity index (χ4n) is 3.04. The first kappa shape index (κ1) is 22.1. The van der Waals surface area contributed by atoms with Gasteiger partial charge >= 0.3 is 0 Å². The molecule has 3 rings (SSSR count). The summed E-state index contributed by atoms with van der Waals surface area (Å²) in [6, 6.07) is 18.3. The van der Waals surface area contributed by atoms with E-state index in [2.05, 4.69) is 43.1 Å². The summed E-state index contributed by atoms with van der Waals surface area (Å²) in [5.74, 6) is 0.777. The third-order valence-corrected chi connectivity index (χ3v) is 5.67. The van der Waals surface area contributed by atoms with E-state index in [0.29, 0.717) is 17.7 Å². The minimum absolute atomic E-state index is 0.0492. The van der Waals surface area contributed by atoms with Crippen molar-refractivity contribution in [2.45, 2.75) is 57.8 Å². The van der Waals surface area contributed by atoms with Gasteiger partial charge in [-0.2, -0.15) is 0 Å². The molecule has 2 aromatic carbocycles. The van der Waals surface area contributed by atoms with Crippen LogP contribution in [-0.4, -0.2) is 32.8 Å². The normalized spacial score (nSPS) is 11.7. The number of thioether (sulfide) groups is 1. The molecule has 0 aliphatic carbocycles. The average Bonchev–Trinajstić information content (AvgIpc) is 3.19. The van der Waals surface area contributed by atoms with Crippen LogP contribution in [0.2, 0.25) is 0 Å². The van der Waals surface area contributed by atoms with Crippen molar-refractivity contribution in [3.05, 3.63) is 65.7 Å². The molecule has 0 radical (unpaired) electrons. The molecule has 0 aliphatic rings. The number of rotatable bonds is 7. The maximum atomic E-state index is 12.8. The van der Waals surface area contributed by atoms with Crippen LogP contribution in [0.25, 0.3) is 11.5 Å². The van der Waals surface area contributed by atoms with Crippen molar-refractivity contribution in [1.29, 1.82) is 0 Å². The number of hydrogen-bond acceptors (Lipinski definition) is 5. The third-order valence-electron chi connectivity index (χ3n) is 4.86. The van der Waals surface area contributed by atoms with Gasteiger partial charge in [0.1, 0.15) is 0 Å². The Bertz CT molecular complexity index is 960. The average molecular weight is 424 g/mol. The van der Waals surface area contributed by atoms with Gasteiger partial charge in [0.2, 0.25) is 11.8 Å². The number of amides is 1. The SMILES string of the molecule is CC(C)N(Cc1ccccc1)C(=O)CSc1nnc(-c2ccc(C(C)(C)C)cc2)o1. The second-order valence-electron chi connectivity index (χ2n) is 8.59. The van der Waals surface area contributed by atoms with Crippen molar-refractivity contribution >= 4 is 17.7 Å². The summed E-state index contributed by atoms with van der Waals surface area (Å²) < 4.78 is 5.77. The van der Waals surface area contributed by atoms with Crippen molar-refractivity contribution in [1.82, 2.24) is 15.1 Å². The van der Waals surface area contributed by atoms with Crippen LogP contribution in [0.4, 0.5) is 0 Å². The first-order valence-corrected chi connectivity index (χ1v) is 11.1. The maximum Gasteiger partial charge on any atom is 0.277 e. The molecule has 1 amide bonds. The minimum atomic E-state index is 0.0492. The van der Waals surface area contributed by atoms with Gasteiger partial charge in [-0.1, -0.05) is 75.0 Å². The van der Waals surface area contributed by atoms with Crippen LogP contribution in [0.5, 0.6) is 0 Å². The van der Waals surface area contributed by atoms with E-state index in [1.165, 1.54) is 17.3 Å². The third kappa shape index (κ3) is 5.72. The van der Waals surface area contributed by atoms with Gasteiger partial charge in [0, 0.05) is 18.2 Å². The molecule has 1 aromatic heterocycles. The van der Waals surface area contributed by atoms with E-state index in [1.54, 1.807) is 0 Å². The number of carbonyl (C=O) groups excluding carboxylic acids is 1. The van der Waals surface area contributed by atoms with Crippen LogP contribution in [-0.2, 0) is 16.8 Å². The van der Waals surface area contributed by atoms with Crippen molar-refractivity contribution in [3.8, 4) is 11.5 Å². The van der Waals surface area contributed by atoms with Gasteiger partial charge in [0.25, 0.3) is 5.22 Å². The molecule has 0 aliphatic heterocycles. The highest BCUT2D eigenvalue weighted by atomic mass is 32.2. The highest BCUT2D eigenvalue weighted by Gasteiger charge is 2.19. The lowest BCUT2D eigenvalue weighted by molar-refractivity contribution is -0.130. The van der Waals surface area contributed by atoms with Gasteiger partial charge in [0.15, 0.2) is 0 Å². The molecule has 0 N–H and O–H groups in total. The van der Waals surface area contributed by atoms with Gasteiger partial charge < -0.3 is 9.32 Å². The van der Waals surface area contributed by atoms with E-state index in [4.69, 9.17) is 4.42 Å². The van der Waals surface area contributed by atoms with Gasteiger partial charge in [-0.25, -0.2) is 0 Å². The number of nitrogens with zero attached hydrogens (tertiary/aromatic N) is 3. The monoisotopic (exact) mass is 423 g/mol. The molecule has 6 heteroatoms. The van der Waals surface area contributed by atoms with E-state index in [0.717, 1.165) is 11.1 Å². The zero-order chi connectivity index (χ0) is 21.7. The Morgan fingerprint density at radius 3 is 2.30 bits per heavy atom. The first-order valence-electron chi connectivity index (χ1n) is 10.1. The Morgan fingerprint density at radius 1 is 1.03 bits per heavy atom. The molecule has 30 heavy (non-hydrogen) atoms. The van der Waals surface area contributed by atoms with Crippen molar-refractivity contribution in [2.24, 2.45) is 0 Å². The van der Waals surface area contributed by atoms with Gasteiger partial charge in [-0.05, 0) is 42.5 Å². The second kappa shape index (κ2) is 9.47. The van der Waals surface area contributed by atoms with E-state index in [9.17, 15) is 4.79 Å². The van der Waals surface area contributed by atoms with E-state index in [1.807, 2.05) is 61.2 Å². The zero-order valence-corrected chi connectivity index (χ0v) is 19.1. The van der Waals surface area contributed by atoms with E-state index < -0.39 is 0 Å². The summed E-state index contributed by atoms with van der Waals surface area (Å²) in [4.78, 5) is 14.7. The van der Waals surface area contributed by atoms with Crippen LogP contribution < -0.4 is 0 Å². The van der Waals surface area contributed by atoms with Crippen LogP contribution in [0.15, 0.2) is 64.2 Å². The van der Waals surface area contributed by atoms with Crippen LogP contribution in [0.1, 0.15) is 45.7 Å². The molecule has 0 saturated carbocycles. The Kier molecular flexibility index (Phi) is 6.98. The van der Waals surface area contributed by atoms with Crippen LogP contribution in [0, 0.1) is 0 Å². The number of benzene rings is 2. The molecule has 5 nitrogen and oxygen atoms in total. The highest BCUT2D eigenvalue weighted by Crippen LogP contribution is 2.27. The Balaban J connectivity index is 1.62. The molecule has 0 saturated heterocycles. The van der Waals surface area contributed by atoms with Crippen molar-refractivity contribution in [3.63, 3.8) is 0 Å². The number of carbonyl (C=O) groups is 1. The lowest BCUT2D eigenvalue weighted by Crippen LogP contribution is -2.37. The topological polar surface area (TPSA) is 59.2 Å². The van der Waals surface area contributed by atoms with Gasteiger partial charge in [-0.15, -0.1) is 10.2 Å². The largest absolute Gasteiger partial charge is 0.411 e. The molecule has 158 valence electrons. The minimum Gasteiger partial charge on any atom is -0.411 e. The Labute approximate surface area is 182 Å². The van der Waals surface area contributed by atoms with E-state index in [-0.39, 0.29) is 23.1 Å². The quantitative estimate of drug-likeness (QED) is 0.465. The molecule has 0 bridgehead atoms. The number of hydrogen-bond donors (Lipinski definition) is 0. The summed E-state index contributed by atoms with van der Waals surface area (Å²) in [5.41, 5.74) is 3.33. The summed E-state index contributed by atoms with van der Waals surface area (Å²) >= 11 is 1.28. The zero-order valence-electron chi connectivity index (χ0n) is 18.3. The Hall–Kier alpha value is -2.60. The van der Waals surface area contributed by atoms with Crippen molar-refractivity contribution < 1.29 is 9.21 Å². The fraction of sp³-hybridized carbons (Fsp3) is 0.375. The van der Waals surface area contributed by atoms with Gasteiger partial charge in [0.05, 0.1) is 5.75 Å². The van der Waals surface area contributed by atoms with Crippen molar-refractivity contribution in [2.75, 3.05) is 5.75 Å². The predicted molar refractivity (Wildman–Crippen MR) is 121 cm³/mol. The lowest BCUT2D eigenvalue weighted by atomic mass is 9.87. The molecule has 0 unspecified atom stereocenters. The lowest BCUT2D eigenvalue weighted by Gasteiger charge is -2.26. The smallest absolute Gasteiger partial charge is 0.277 e. The highest BCUT2D eigenvalue weighted by molar-refractivity contribution is 7.99. The van der Waals surface area contributed by atoms with Gasteiger partial charge in [-0.3, -0.25) is 4.79 Å². The van der Waals surface area contributed by atoms with Crippen LogP contribution in [0.3, 0.4) is 0 Å². The summed E-state index contributed by atoms with van der Waals surface area (Å²) in [7, 11) is 0. The number of aromatic nitrogens is 2. The van der Waals surface area contributed by atoms with E-state index >= 15 is 0 Å². The first-order chi connectivity index (χ1) is 14.2. The molecular weight excluding hydrogens is 394 g/mol. The summed E-state index contributed by atoms with van der Waals surface area (Å²) in [6.07, 6.45) is 0. The summed E-state index contributed by atoms with van der Waals surface area (Å²) in [6.45, 7) is 11.2. The molecule has 3 aromatic rings. The summed E-state index contributed by atoms with van der Waals surface area (Å²) in [5, 5.41) is 8.65.